The summed E-state index contributed by atoms with van der Waals surface area (Å²) in [6.07, 6.45) is 3.38. The Hall–Kier alpha value is -1.78. The normalized spacial score (nSPS) is 19.8. The van der Waals surface area contributed by atoms with Gasteiger partial charge in [0.05, 0.1) is 5.69 Å². The molecule has 5 heteroatoms. The quantitative estimate of drug-likeness (QED) is 0.912. The third-order valence-corrected chi connectivity index (χ3v) is 4.25. The van der Waals surface area contributed by atoms with E-state index in [1.54, 1.807) is 11.6 Å². The van der Waals surface area contributed by atoms with E-state index in [-0.39, 0.29) is 5.69 Å². The molecule has 0 aliphatic carbocycles. The predicted octanol–water partition coefficient (Wildman–Crippen LogP) is 2.06. The fourth-order valence-electron chi connectivity index (χ4n) is 3.06. The first-order valence-electron chi connectivity index (χ1n) is 7.43. The summed E-state index contributed by atoms with van der Waals surface area (Å²) >= 11 is 0. The number of piperidine rings is 1. The van der Waals surface area contributed by atoms with Crippen LogP contribution >= 0.6 is 0 Å². The summed E-state index contributed by atoms with van der Waals surface area (Å²) in [4.78, 5) is 21.8. The lowest BCUT2D eigenvalue weighted by atomic mass is 9.99. The van der Waals surface area contributed by atoms with E-state index in [2.05, 4.69) is 34.8 Å². The summed E-state index contributed by atoms with van der Waals surface area (Å²) in [5.74, 6) is 0.701. The highest BCUT2D eigenvalue weighted by atomic mass is 16.1. The predicted molar refractivity (Wildman–Crippen MR) is 81.3 cm³/mol. The number of aryl methyl sites for hydroxylation is 2. The number of anilines is 1. The summed E-state index contributed by atoms with van der Waals surface area (Å²) in [7, 11) is 1.77. The summed E-state index contributed by atoms with van der Waals surface area (Å²) in [5, 5.41) is 0. The zero-order valence-corrected chi connectivity index (χ0v) is 12.4. The molecule has 5 nitrogen and oxygen atoms in total. The fourth-order valence-corrected chi connectivity index (χ4v) is 3.06. The molecule has 0 radical (unpaired) electrons. The van der Waals surface area contributed by atoms with E-state index in [1.807, 2.05) is 0 Å². The highest BCUT2D eigenvalue weighted by Crippen LogP contribution is 2.28. The van der Waals surface area contributed by atoms with Crippen molar-refractivity contribution >= 4 is 16.9 Å². The van der Waals surface area contributed by atoms with Crippen molar-refractivity contribution in [3.8, 4) is 0 Å². The highest BCUT2D eigenvalue weighted by molar-refractivity contribution is 5.86. The van der Waals surface area contributed by atoms with Crippen molar-refractivity contribution < 1.29 is 0 Å². The molecule has 2 aromatic heterocycles. The number of nitrogens with zero attached hydrogens (tertiary/aromatic N) is 3. The van der Waals surface area contributed by atoms with E-state index in [1.165, 1.54) is 12.8 Å². The highest BCUT2D eigenvalue weighted by Gasteiger charge is 2.21. The molecular weight excluding hydrogens is 252 g/mol. The average molecular weight is 274 g/mol. The maximum atomic E-state index is 11.9. The van der Waals surface area contributed by atoms with Gasteiger partial charge in [-0.3, -0.25) is 4.57 Å². The van der Waals surface area contributed by atoms with E-state index in [0.29, 0.717) is 5.92 Å². The lowest BCUT2D eigenvalue weighted by Crippen LogP contribution is -2.34. The van der Waals surface area contributed by atoms with Crippen LogP contribution in [-0.2, 0) is 13.5 Å². The molecule has 1 aliphatic heterocycles. The molecule has 0 unspecified atom stereocenters. The number of imidazole rings is 1. The molecule has 108 valence electrons. The third-order valence-electron chi connectivity index (χ3n) is 4.25. The monoisotopic (exact) mass is 274 g/mol. The molecule has 1 fully saturated rings. The molecule has 0 aromatic carbocycles. The number of rotatable bonds is 2. The van der Waals surface area contributed by atoms with Crippen molar-refractivity contribution in [3.63, 3.8) is 0 Å². The van der Waals surface area contributed by atoms with Crippen LogP contribution in [0.5, 0.6) is 0 Å². The molecule has 3 rings (SSSR count). The van der Waals surface area contributed by atoms with Gasteiger partial charge in [0, 0.05) is 25.8 Å². The van der Waals surface area contributed by atoms with E-state index < -0.39 is 0 Å². The Balaban J connectivity index is 2.17. The van der Waals surface area contributed by atoms with Crippen LogP contribution in [0.3, 0.4) is 0 Å². The number of pyridine rings is 1. The molecule has 0 amide bonds. The minimum Gasteiger partial charge on any atom is -0.369 e. The first-order valence-corrected chi connectivity index (χ1v) is 7.43. The number of fused-ring (bicyclic) bond motifs is 1. The zero-order chi connectivity index (χ0) is 14.3. The molecule has 0 spiro atoms. The zero-order valence-electron chi connectivity index (χ0n) is 12.4. The van der Waals surface area contributed by atoms with Gasteiger partial charge in [-0.05, 0) is 31.2 Å². The second-order valence-electron chi connectivity index (χ2n) is 5.87. The Morgan fingerprint density at radius 2 is 2.30 bits per heavy atom. The van der Waals surface area contributed by atoms with Crippen molar-refractivity contribution in [2.24, 2.45) is 13.0 Å². The first-order chi connectivity index (χ1) is 9.60. The molecule has 0 saturated carbocycles. The van der Waals surface area contributed by atoms with Crippen molar-refractivity contribution in [2.45, 2.75) is 33.1 Å². The van der Waals surface area contributed by atoms with Crippen molar-refractivity contribution in [3.05, 3.63) is 22.2 Å². The molecular formula is C15H22N4O. The number of nitrogens with one attached hydrogen (secondary N) is 1. The number of hydrogen-bond acceptors (Lipinski definition) is 3. The number of hydrogen-bond donors (Lipinski definition) is 1. The van der Waals surface area contributed by atoms with Crippen LogP contribution in [0.25, 0.3) is 11.2 Å². The second kappa shape index (κ2) is 4.96. The Bertz CT molecular complexity index is 685. The minimum absolute atomic E-state index is 0.0907. The van der Waals surface area contributed by atoms with Crippen LogP contribution in [0.1, 0.15) is 32.4 Å². The van der Waals surface area contributed by atoms with Gasteiger partial charge in [-0.1, -0.05) is 13.8 Å². The molecule has 1 saturated heterocycles. The van der Waals surface area contributed by atoms with Gasteiger partial charge in [-0.25, -0.2) is 9.78 Å². The standard InChI is InChI=1S/C15H22N4O/c1-4-11-8-12(19-7-5-6-10(2)9-19)13-14(16-11)18(3)15(20)17-13/h8,10H,4-7,9H2,1-3H3,(H,17,20)/t10-/m1/s1. The summed E-state index contributed by atoms with van der Waals surface area (Å²) in [6, 6.07) is 2.14. The molecule has 1 N–H and O–H groups in total. The Labute approximate surface area is 118 Å². The lowest BCUT2D eigenvalue weighted by molar-refractivity contribution is 0.447. The van der Waals surface area contributed by atoms with Crippen LogP contribution in [0, 0.1) is 5.92 Å². The molecule has 20 heavy (non-hydrogen) atoms. The van der Waals surface area contributed by atoms with Crippen molar-refractivity contribution in [1.29, 1.82) is 0 Å². The SMILES string of the molecule is CCc1cc(N2CCC[C@@H](C)C2)c2[nH]c(=O)n(C)c2n1. The van der Waals surface area contributed by atoms with Crippen LogP contribution < -0.4 is 10.6 Å². The van der Waals surface area contributed by atoms with Crippen molar-refractivity contribution in [1.82, 2.24) is 14.5 Å². The van der Waals surface area contributed by atoms with Gasteiger partial charge in [0.2, 0.25) is 0 Å². The number of aromatic amines is 1. The van der Waals surface area contributed by atoms with Crippen LogP contribution in [-0.4, -0.2) is 27.6 Å². The van der Waals surface area contributed by atoms with E-state index in [0.717, 1.165) is 42.1 Å². The Morgan fingerprint density at radius 3 is 3.00 bits per heavy atom. The second-order valence-corrected chi connectivity index (χ2v) is 5.87. The van der Waals surface area contributed by atoms with Gasteiger partial charge >= 0.3 is 5.69 Å². The van der Waals surface area contributed by atoms with Gasteiger partial charge in [-0.15, -0.1) is 0 Å². The van der Waals surface area contributed by atoms with Crippen LogP contribution in [0.4, 0.5) is 5.69 Å². The van der Waals surface area contributed by atoms with Crippen LogP contribution in [0.2, 0.25) is 0 Å². The Kier molecular flexibility index (Phi) is 3.28. The fraction of sp³-hybridized carbons (Fsp3) is 0.600. The third kappa shape index (κ3) is 2.11. The first kappa shape index (κ1) is 13.2. The minimum atomic E-state index is -0.0907. The largest absolute Gasteiger partial charge is 0.369 e. The van der Waals surface area contributed by atoms with Crippen LogP contribution in [0.15, 0.2) is 10.9 Å². The number of H-pyrrole nitrogens is 1. The molecule has 3 heterocycles. The maximum Gasteiger partial charge on any atom is 0.327 e. The average Bonchev–Trinajstić information content (AvgIpc) is 2.73. The molecule has 1 aliphatic rings. The topological polar surface area (TPSA) is 53.9 Å². The van der Waals surface area contributed by atoms with Gasteiger partial charge in [0.15, 0.2) is 5.65 Å². The maximum absolute atomic E-state index is 11.9. The molecule has 0 bridgehead atoms. The molecule has 1 atom stereocenters. The van der Waals surface area contributed by atoms with E-state index >= 15 is 0 Å². The van der Waals surface area contributed by atoms with Gasteiger partial charge in [-0.2, -0.15) is 0 Å². The van der Waals surface area contributed by atoms with Crippen molar-refractivity contribution in [2.75, 3.05) is 18.0 Å². The lowest BCUT2D eigenvalue weighted by Gasteiger charge is -2.33. The summed E-state index contributed by atoms with van der Waals surface area (Å²) in [6.45, 7) is 6.50. The summed E-state index contributed by atoms with van der Waals surface area (Å²) < 4.78 is 1.60. The van der Waals surface area contributed by atoms with E-state index in [4.69, 9.17) is 0 Å². The number of aromatic nitrogens is 3. The van der Waals surface area contributed by atoms with Gasteiger partial charge in [0.25, 0.3) is 0 Å². The molecule has 2 aromatic rings. The Morgan fingerprint density at radius 1 is 1.50 bits per heavy atom. The summed E-state index contributed by atoms with van der Waals surface area (Å²) in [5.41, 5.74) is 3.73. The van der Waals surface area contributed by atoms with Gasteiger partial charge < -0.3 is 9.88 Å². The smallest absolute Gasteiger partial charge is 0.327 e. The van der Waals surface area contributed by atoms with Gasteiger partial charge in [0.1, 0.15) is 5.52 Å². The van der Waals surface area contributed by atoms with E-state index in [9.17, 15) is 4.79 Å².